The lowest BCUT2D eigenvalue weighted by molar-refractivity contribution is -0.115. The number of nitrogens with one attached hydrogen (secondary N) is 1. The molecule has 0 saturated heterocycles. The number of anilines is 1. The van der Waals surface area contributed by atoms with Gasteiger partial charge in [-0.3, -0.25) is 4.79 Å². The van der Waals surface area contributed by atoms with E-state index in [1.54, 1.807) is 0 Å². The van der Waals surface area contributed by atoms with Gasteiger partial charge in [-0.15, -0.1) is 10.2 Å². The minimum atomic E-state index is -0.399. The van der Waals surface area contributed by atoms with Crippen molar-refractivity contribution in [3.8, 4) is 5.75 Å². The van der Waals surface area contributed by atoms with Crippen LogP contribution in [0.3, 0.4) is 0 Å². The molecule has 0 aliphatic carbocycles. The van der Waals surface area contributed by atoms with Gasteiger partial charge >= 0.3 is 0 Å². The Morgan fingerprint density at radius 1 is 1.13 bits per heavy atom. The number of amides is 1. The Morgan fingerprint density at radius 2 is 1.83 bits per heavy atom. The molecule has 3 N–H and O–H groups in total. The summed E-state index contributed by atoms with van der Waals surface area (Å²) in [6.07, 6.45) is 0. The van der Waals surface area contributed by atoms with Crippen LogP contribution in [-0.2, 0) is 11.4 Å². The van der Waals surface area contributed by atoms with Gasteiger partial charge in [0.05, 0.1) is 5.25 Å². The van der Waals surface area contributed by atoms with Crippen LogP contribution in [-0.4, -0.2) is 26.0 Å². The number of para-hydroxylation sites is 1. The molecule has 1 atom stereocenters. The molecule has 0 radical (unpaired) electrons. The van der Waals surface area contributed by atoms with Crippen molar-refractivity contribution < 1.29 is 9.53 Å². The van der Waals surface area contributed by atoms with Gasteiger partial charge < -0.3 is 15.9 Å². The minimum Gasteiger partial charge on any atom is -0.485 e. The van der Waals surface area contributed by atoms with Crippen LogP contribution < -0.4 is 15.9 Å². The lowest BCUT2D eigenvalue weighted by Crippen LogP contribution is -2.24. The summed E-state index contributed by atoms with van der Waals surface area (Å²) in [5.74, 6) is 7.33. The first kappa shape index (κ1) is 21.7. The lowest BCUT2D eigenvalue weighted by Gasteiger charge is -2.14. The zero-order valence-corrected chi connectivity index (χ0v) is 18.7. The highest BCUT2D eigenvalue weighted by atomic mass is 32.2. The summed E-state index contributed by atoms with van der Waals surface area (Å²) in [5, 5.41) is 11.3. The fraction of sp³-hybridized carbons (Fsp3) is 0.318. The molecule has 2 aromatic carbocycles. The van der Waals surface area contributed by atoms with Crippen LogP contribution in [0, 0.1) is 27.7 Å². The number of thioether (sulfide) groups is 1. The van der Waals surface area contributed by atoms with Crippen LogP contribution in [0.15, 0.2) is 41.6 Å². The number of carbonyl (C=O) groups excluding carboxylic acids is 1. The molecular formula is C22H27N5O2S. The highest BCUT2D eigenvalue weighted by Crippen LogP contribution is 2.25. The van der Waals surface area contributed by atoms with Crippen molar-refractivity contribution >= 4 is 23.4 Å². The zero-order chi connectivity index (χ0) is 21.8. The van der Waals surface area contributed by atoms with E-state index in [4.69, 9.17) is 10.6 Å². The molecule has 0 unspecified atom stereocenters. The van der Waals surface area contributed by atoms with E-state index >= 15 is 0 Å². The molecule has 0 bridgehead atoms. The molecule has 0 fully saturated rings. The normalized spacial score (nSPS) is 11.9. The third-order valence-electron chi connectivity index (χ3n) is 4.78. The van der Waals surface area contributed by atoms with Crippen molar-refractivity contribution in [2.75, 3.05) is 11.2 Å². The second kappa shape index (κ2) is 9.21. The van der Waals surface area contributed by atoms with Crippen LogP contribution in [0.2, 0.25) is 0 Å². The van der Waals surface area contributed by atoms with Crippen LogP contribution in [0.5, 0.6) is 5.75 Å². The van der Waals surface area contributed by atoms with Gasteiger partial charge in [0.2, 0.25) is 11.1 Å². The Balaban J connectivity index is 1.63. The van der Waals surface area contributed by atoms with E-state index in [1.807, 2.05) is 71.0 Å². The van der Waals surface area contributed by atoms with Gasteiger partial charge in [-0.25, -0.2) is 4.68 Å². The van der Waals surface area contributed by atoms with Crippen molar-refractivity contribution in [3.63, 3.8) is 0 Å². The number of hydrogen-bond donors (Lipinski definition) is 2. The molecule has 8 heteroatoms. The molecule has 0 saturated carbocycles. The summed E-state index contributed by atoms with van der Waals surface area (Å²) in [5.41, 5.74) is 5.07. The van der Waals surface area contributed by atoms with E-state index in [9.17, 15) is 4.79 Å². The van der Waals surface area contributed by atoms with Crippen molar-refractivity contribution in [1.29, 1.82) is 0 Å². The molecule has 3 aromatic rings. The molecule has 3 rings (SSSR count). The number of ether oxygens (including phenoxy) is 1. The molecular weight excluding hydrogens is 398 g/mol. The van der Waals surface area contributed by atoms with Gasteiger partial charge in [0.15, 0.2) is 5.82 Å². The standard InChI is InChI=1S/C22H27N5O2S/c1-13-9-10-18(16(4)11-13)24-21(28)17(5)30-22-26-25-19(27(22)23)12-29-20-14(2)7-6-8-15(20)3/h6-11,17H,12,23H2,1-5H3,(H,24,28)/t17-/m0/s1. The highest BCUT2D eigenvalue weighted by molar-refractivity contribution is 8.00. The molecule has 158 valence electrons. The van der Waals surface area contributed by atoms with Crippen LogP contribution >= 0.6 is 11.8 Å². The van der Waals surface area contributed by atoms with Gasteiger partial charge in [-0.2, -0.15) is 0 Å². The monoisotopic (exact) mass is 425 g/mol. The first-order chi connectivity index (χ1) is 14.3. The van der Waals surface area contributed by atoms with E-state index in [1.165, 1.54) is 16.4 Å². The molecule has 1 aromatic heterocycles. The zero-order valence-electron chi connectivity index (χ0n) is 17.9. The molecule has 0 aliphatic heterocycles. The maximum Gasteiger partial charge on any atom is 0.237 e. The SMILES string of the molecule is Cc1ccc(NC(=O)[C@H](C)Sc2nnc(COc3c(C)cccc3C)n2N)c(C)c1. The summed E-state index contributed by atoms with van der Waals surface area (Å²) in [4.78, 5) is 12.6. The summed E-state index contributed by atoms with van der Waals surface area (Å²) in [6.45, 7) is 9.98. The second-order valence-electron chi connectivity index (χ2n) is 7.35. The van der Waals surface area contributed by atoms with Crippen LogP contribution in [0.25, 0.3) is 0 Å². The van der Waals surface area contributed by atoms with E-state index in [0.29, 0.717) is 11.0 Å². The lowest BCUT2D eigenvalue weighted by atomic mass is 10.1. The molecule has 0 spiro atoms. The number of hydrogen-bond acceptors (Lipinski definition) is 6. The second-order valence-corrected chi connectivity index (χ2v) is 8.65. The number of carbonyl (C=O) groups is 1. The maximum absolute atomic E-state index is 12.6. The van der Waals surface area contributed by atoms with Crippen molar-refractivity contribution in [2.24, 2.45) is 0 Å². The fourth-order valence-electron chi connectivity index (χ4n) is 3.05. The van der Waals surface area contributed by atoms with Crippen molar-refractivity contribution in [1.82, 2.24) is 14.9 Å². The molecule has 1 amide bonds. The Kier molecular flexibility index (Phi) is 6.66. The van der Waals surface area contributed by atoms with Crippen molar-refractivity contribution in [3.05, 3.63) is 64.5 Å². The van der Waals surface area contributed by atoms with E-state index in [-0.39, 0.29) is 12.5 Å². The maximum atomic E-state index is 12.6. The number of benzene rings is 2. The first-order valence-corrected chi connectivity index (χ1v) is 10.6. The minimum absolute atomic E-state index is 0.122. The summed E-state index contributed by atoms with van der Waals surface area (Å²) in [6, 6.07) is 11.9. The Hall–Kier alpha value is -3.00. The number of aromatic nitrogens is 3. The molecule has 0 aliphatic rings. The van der Waals surface area contributed by atoms with E-state index in [0.717, 1.165) is 33.7 Å². The van der Waals surface area contributed by atoms with E-state index < -0.39 is 5.25 Å². The number of aryl methyl sites for hydroxylation is 4. The highest BCUT2D eigenvalue weighted by Gasteiger charge is 2.20. The quantitative estimate of drug-likeness (QED) is 0.440. The third kappa shape index (κ3) is 4.94. The molecule has 1 heterocycles. The largest absolute Gasteiger partial charge is 0.485 e. The predicted octanol–water partition coefficient (Wildman–Crippen LogP) is 3.92. The average molecular weight is 426 g/mol. The van der Waals surface area contributed by atoms with Crippen LogP contribution in [0.1, 0.15) is 35.0 Å². The van der Waals surface area contributed by atoms with Gasteiger partial charge in [0.25, 0.3) is 0 Å². The first-order valence-electron chi connectivity index (χ1n) is 9.69. The average Bonchev–Trinajstić information content (AvgIpc) is 3.03. The van der Waals surface area contributed by atoms with Crippen molar-refractivity contribution in [2.45, 2.75) is 51.6 Å². The molecule has 30 heavy (non-hydrogen) atoms. The molecule has 7 nitrogen and oxygen atoms in total. The third-order valence-corrected chi connectivity index (χ3v) is 5.84. The number of rotatable bonds is 7. The summed E-state index contributed by atoms with van der Waals surface area (Å²) >= 11 is 1.25. The Morgan fingerprint density at radius 3 is 2.50 bits per heavy atom. The van der Waals surface area contributed by atoms with Gasteiger partial charge in [0.1, 0.15) is 12.4 Å². The number of nitrogen functional groups attached to an aromatic ring is 1. The Bertz CT molecular complexity index is 1040. The Labute approximate surface area is 181 Å². The van der Waals surface area contributed by atoms with E-state index in [2.05, 4.69) is 15.5 Å². The fourth-order valence-corrected chi connectivity index (χ4v) is 3.84. The van der Waals surface area contributed by atoms with Gasteiger partial charge in [-0.05, 0) is 57.4 Å². The van der Waals surface area contributed by atoms with Gasteiger partial charge in [0, 0.05) is 5.69 Å². The van der Waals surface area contributed by atoms with Crippen LogP contribution in [0.4, 0.5) is 5.69 Å². The smallest absolute Gasteiger partial charge is 0.237 e. The summed E-state index contributed by atoms with van der Waals surface area (Å²) < 4.78 is 7.28. The van der Waals surface area contributed by atoms with Gasteiger partial charge in [-0.1, -0.05) is 47.7 Å². The number of nitrogens with zero attached hydrogens (tertiary/aromatic N) is 3. The summed E-state index contributed by atoms with van der Waals surface area (Å²) in [7, 11) is 0. The number of nitrogens with two attached hydrogens (primary N) is 1. The topological polar surface area (TPSA) is 95.1 Å². The predicted molar refractivity (Wildman–Crippen MR) is 120 cm³/mol.